The van der Waals surface area contributed by atoms with Crippen molar-refractivity contribution in [1.29, 1.82) is 0 Å². The minimum absolute atomic E-state index is 0.458. The molecule has 0 bridgehead atoms. The second kappa shape index (κ2) is 5.59. The lowest BCUT2D eigenvalue weighted by Gasteiger charge is -2.10. The molecule has 0 saturated carbocycles. The summed E-state index contributed by atoms with van der Waals surface area (Å²) in [5.41, 5.74) is 4.61. The van der Waals surface area contributed by atoms with E-state index in [9.17, 15) is 0 Å². The molecule has 106 valence electrons. The highest BCUT2D eigenvalue weighted by atomic mass is 15.3. The van der Waals surface area contributed by atoms with Gasteiger partial charge in [-0.15, -0.1) is 0 Å². The summed E-state index contributed by atoms with van der Waals surface area (Å²) in [7, 11) is 0. The summed E-state index contributed by atoms with van der Waals surface area (Å²) >= 11 is 0. The van der Waals surface area contributed by atoms with Gasteiger partial charge in [-0.2, -0.15) is 9.97 Å². The Morgan fingerprint density at radius 1 is 1.19 bits per heavy atom. The fourth-order valence-electron chi connectivity index (χ4n) is 1.94. The van der Waals surface area contributed by atoms with Gasteiger partial charge in [0.05, 0.1) is 0 Å². The molecule has 0 aliphatic heterocycles. The lowest BCUT2D eigenvalue weighted by Crippen LogP contribution is -2.11. The third-order valence-electron chi connectivity index (χ3n) is 2.90. The largest absolute Gasteiger partial charge is 0.324 e. The van der Waals surface area contributed by atoms with Crippen molar-refractivity contribution in [3.63, 3.8) is 0 Å². The maximum Gasteiger partial charge on any atom is 0.231 e. The van der Waals surface area contributed by atoms with Crippen molar-refractivity contribution in [2.45, 2.75) is 6.92 Å². The highest BCUT2D eigenvalue weighted by molar-refractivity contribution is 5.57. The summed E-state index contributed by atoms with van der Waals surface area (Å²) in [6.45, 7) is 2.03. The first-order valence-corrected chi connectivity index (χ1v) is 6.42. The van der Waals surface area contributed by atoms with Crippen LogP contribution in [0.3, 0.4) is 0 Å². The van der Waals surface area contributed by atoms with E-state index in [0.29, 0.717) is 17.6 Å². The van der Waals surface area contributed by atoms with Crippen molar-refractivity contribution < 1.29 is 0 Å². The average molecular weight is 281 g/mol. The van der Waals surface area contributed by atoms with Crippen molar-refractivity contribution in [2.24, 2.45) is 5.84 Å². The molecule has 7 heteroatoms. The van der Waals surface area contributed by atoms with E-state index in [1.807, 2.05) is 31.2 Å². The van der Waals surface area contributed by atoms with E-state index in [0.717, 1.165) is 11.3 Å². The van der Waals surface area contributed by atoms with E-state index in [4.69, 9.17) is 5.84 Å². The monoisotopic (exact) mass is 281 g/mol. The lowest BCUT2D eigenvalue weighted by molar-refractivity contribution is 0.973. The summed E-state index contributed by atoms with van der Waals surface area (Å²) < 4.78 is 1.78. The van der Waals surface area contributed by atoms with E-state index in [1.165, 1.54) is 0 Å². The SMILES string of the molecule is Cc1cccc(Nc2nc(NN)cc(-n3ccnc3)n2)c1. The van der Waals surface area contributed by atoms with Crippen molar-refractivity contribution in [3.05, 3.63) is 54.6 Å². The van der Waals surface area contributed by atoms with Crippen LogP contribution in [0, 0.1) is 6.92 Å². The summed E-state index contributed by atoms with van der Waals surface area (Å²) in [5, 5.41) is 3.17. The van der Waals surface area contributed by atoms with Crippen LogP contribution in [0.1, 0.15) is 5.56 Å². The van der Waals surface area contributed by atoms with E-state index >= 15 is 0 Å². The number of nitrogens with two attached hydrogens (primary N) is 1. The first kappa shape index (κ1) is 13.1. The Balaban J connectivity index is 1.96. The second-order valence-electron chi connectivity index (χ2n) is 4.54. The predicted octanol–water partition coefficient (Wildman–Crippen LogP) is 2.00. The smallest absolute Gasteiger partial charge is 0.231 e. The van der Waals surface area contributed by atoms with E-state index < -0.39 is 0 Å². The maximum absolute atomic E-state index is 5.47. The topological polar surface area (TPSA) is 93.7 Å². The summed E-state index contributed by atoms with van der Waals surface area (Å²) in [6.07, 6.45) is 5.16. The molecule has 1 aromatic carbocycles. The van der Waals surface area contributed by atoms with Gasteiger partial charge >= 0.3 is 0 Å². The molecular formula is C14H15N7. The van der Waals surface area contributed by atoms with Crippen LogP contribution in [0.2, 0.25) is 0 Å². The molecule has 3 aromatic rings. The van der Waals surface area contributed by atoms with Crippen LogP contribution < -0.4 is 16.6 Å². The Kier molecular flexibility index (Phi) is 3.48. The zero-order valence-electron chi connectivity index (χ0n) is 11.5. The van der Waals surface area contributed by atoms with Gasteiger partial charge in [-0.25, -0.2) is 10.8 Å². The molecule has 0 atom stereocenters. The van der Waals surface area contributed by atoms with Crippen LogP contribution in [0.5, 0.6) is 0 Å². The van der Waals surface area contributed by atoms with Crippen LogP contribution in [0.4, 0.5) is 17.5 Å². The maximum atomic E-state index is 5.47. The average Bonchev–Trinajstić information content (AvgIpc) is 3.01. The van der Waals surface area contributed by atoms with Gasteiger partial charge in [-0.1, -0.05) is 12.1 Å². The van der Waals surface area contributed by atoms with Crippen LogP contribution in [-0.2, 0) is 0 Å². The number of nitrogens with one attached hydrogen (secondary N) is 2. The van der Waals surface area contributed by atoms with Crippen molar-refractivity contribution in [2.75, 3.05) is 10.7 Å². The second-order valence-corrected chi connectivity index (χ2v) is 4.54. The fraction of sp³-hybridized carbons (Fsp3) is 0.0714. The molecule has 2 aromatic heterocycles. The van der Waals surface area contributed by atoms with Crippen LogP contribution in [-0.4, -0.2) is 19.5 Å². The molecule has 3 rings (SSSR count). The molecule has 21 heavy (non-hydrogen) atoms. The Hall–Kier alpha value is -2.93. The van der Waals surface area contributed by atoms with Gasteiger partial charge < -0.3 is 10.7 Å². The molecule has 7 nitrogen and oxygen atoms in total. The third-order valence-corrected chi connectivity index (χ3v) is 2.90. The third kappa shape index (κ3) is 2.98. The van der Waals surface area contributed by atoms with Gasteiger partial charge in [0, 0.05) is 24.1 Å². The molecule has 0 amide bonds. The van der Waals surface area contributed by atoms with Crippen molar-refractivity contribution >= 4 is 17.5 Å². The molecule has 0 spiro atoms. The summed E-state index contributed by atoms with van der Waals surface area (Å²) in [4.78, 5) is 12.8. The molecular weight excluding hydrogens is 266 g/mol. The molecule has 0 unspecified atom stereocenters. The fourth-order valence-corrected chi connectivity index (χ4v) is 1.94. The summed E-state index contributed by atoms with van der Waals surface area (Å²) in [6, 6.07) is 9.71. The number of aryl methyl sites for hydroxylation is 1. The molecule has 0 radical (unpaired) electrons. The summed E-state index contributed by atoms with van der Waals surface area (Å²) in [5.74, 6) is 7.11. The van der Waals surface area contributed by atoms with Gasteiger partial charge in [0.2, 0.25) is 5.95 Å². The number of nitrogens with zero attached hydrogens (tertiary/aromatic N) is 4. The van der Waals surface area contributed by atoms with Gasteiger partial charge in [-0.05, 0) is 24.6 Å². The van der Waals surface area contributed by atoms with Gasteiger partial charge in [0.1, 0.15) is 18.0 Å². The normalized spacial score (nSPS) is 10.4. The quantitative estimate of drug-likeness (QED) is 0.500. The molecule has 2 heterocycles. The molecule has 4 N–H and O–H groups in total. The first-order chi connectivity index (χ1) is 10.2. The number of aromatic nitrogens is 4. The molecule has 0 aliphatic carbocycles. The lowest BCUT2D eigenvalue weighted by atomic mass is 10.2. The molecule has 0 fully saturated rings. The van der Waals surface area contributed by atoms with E-state index in [1.54, 1.807) is 29.4 Å². The van der Waals surface area contributed by atoms with Gasteiger partial charge in [-0.3, -0.25) is 4.57 Å². The Labute approximate surface area is 121 Å². The van der Waals surface area contributed by atoms with Gasteiger partial charge in [0.15, 0.2) is 0 Å². The van der Waals surface area contributed by atoms with Crippen molar-refractivity contribution in [1.82, 2.24) is 19.5 Å². The Bertz CT molecular complexity index is 737. The zero-order chi connectivity index (χ0) is 14.7. The number of hydrogen-bond acceptors (Lipinski definition) is 6. The van der Waals surface area contributed by atoms with Crippen LogP contribution in [0.25, 0.3) is 5.82 Å². The van der Waals surface area contributed by atoms with E-state index in [-0.39, 0.29) is 0 Å². The Morgan fingerprint density at radius 2 is 2.10 bits per heavy atom. The van der Waals surface area contributed by atoms with Crippen LogP contribution in [0.15, 0.2) is 49.1 Å². The number of anilines is 3. The number of hydrogen-bond donors (Lipinski definition) is 3. The first-order valence-electron chi connectivity index (χ1n) is 6.42. The molecule has 0 aliphatic rings. The van der Waals surface area contributed by atoms with Crippen molar-refractivity contribution in [3.8, 4) is 5.82 Å². The number of nitrogen functional groups attached to an aromatic ring is 1. The Morgan fingerprint density at radius 3 is 2.81 bits per heavy atom. The highest BCUT2D eigenvalue weighted by Crippen LogP contribution is 2.18. The number of rotatable bonds is 4. The molecule has 0 saturated heterocycles. The highest BCUT2D eigenvalue weighted by Gasteiger charge is 2.06. The zero-order valence-corrected chi connectivity index (χ0v) is 11.5. The minimum Gasteiger partial charge on any atom is -0.324 e. The van der Waals surface area contributed by atoms with Gasteiger partial charge in [0.25, 0.3) is 0 Å². The standard InChI is InChI=1S/C14H15N7/c1-10-3-2-4-11(7-10)17-14-18-12(20-15)8-13(19-14)21-6-5-16-9-21/h2-9H,15H2,1H3,(H2,17,18,19,20). The number of imidazole rings is 1. The predicted molar refractivity (Wildman–Crippen MR) is 81.4 cm³/mol. The van der Waals surface area contributed by atoms with E-state index in [2.05, 4.69) is 25.7 Å². The number of hydrazine groups is 1. The number of benzene rings is 1. The van der Waals surface area contributed by atoms with Crippen LogP contribution >= 0.6 is 0 Å². The minimum atomic E-state index is 0.458.